The minimum absolute atomic E-state index is 0.0489. The van der Waals surface area contributed by atoms with Gasteiger partial charge in [-0.2, -0.15) is 0 Å². The molecule has 2 heterocycles. The molecular weight excluding hydrogens is 395 g/mol. The largest absolute Gasteiger partial charge is 0.462 e. The number of aryl methyl sites for hydroxylation is 1. The van der Waals surface area contributed by atoms with Gasteiger partial charge < -0.3 is 15.0 Å². The number of hydrogen-bond donors (Lipinski definition) is 2. The molecule has 0 fully saturated rings. The number of H-pyrrole nitrogens is 1. The quantitative estimate of drug-likeness (QED) is 0.631. The van der Waals surface area contributed by atoms with Gasteiger partial charge in [0, 0.05) is 16.5 Å². The molecule has 1 amide bonds. The van der Waals surface area contributed by atoms with Crippen LogP contribution in [0.2, 0.25) is 0 Å². The van der Waals surface area contributed by atoms with Gasteiger partial charge in [0.15, 0.2) is 0 Å². The fraction of sp³-hybridized carbons (Fsp3) is 0.286. The van der Waals surface area contributed by atoms with Gasteiger partial charge in [-0.25, -0.2) is 9.18 Å². The predicted octanol–water partition coefficient (Wildman–Crippen LogP) is 4.04. The van der Waals surface area contributed by atoms with E-state index in [1.165, 1.54) is 35.7 Å². The Kier molecular flexibility index (Phi) is 5.19. The van der Waals surface area contributed by atoms with Crippen molar-refractivity contribution in [2.24, 2.45) is 0 Å². The van der Waals surface area contributed by atoms with E-state index in [2.05, 4.69) is 10.3 Å². The Morgan fingerprint density at radius 1 is 1.28 bits per heavy atom. The molecule has 4 rings (SSSR count). The highest BCUT2D eigenvalue weighted by molar-refractivity contribution is 7.17. The molecule has 0 saturated carbocycles. The molecule has 3 aromatic rings. The van der Waals surface area contributed by atoms with Crippen LogP contribution in [0.3, 0.4) is 0 Å². The highest BCUT2D eigenvalue weighted by Crippen LogP contribution is 2.38. The molecule has 1 aliphatic rings. The van der Waals surface area contributed by atoms with Crippen molar-refractivity contribution in [3.05, 3.63) is 62.0 Å². The molecule has 0 radical (unpaired) electrons. The summed E-state index contributed by atoms with van der Waals surface area (Å²) >= 11 is 1.35. The molecule has 8 heteroatoms. The van der Waals surface area contributed by atoms with E-state index in [9.17, 15) is 18.8 Å². The van der Waals surface area contributed by atoms with Gasteiger partial charge in [0.05, 0.1) is 17.7 Å². The van der Waals surface area contributed by atoms with E-state index in [0.29, 0.717) is 10.6 Å². The van der Waals surface area contributed by atoms with E-state index in [1.807, 2.05) is 0 Å². The summed E-state index contributed by atoms with van der Waals surface area (Å²) in [6, 6.07) is 4.11. The summed E-state index contributed by atoms with van der Waals surface area (Å²) in [4.78, 5) is 41.8. The first kappa shape index (κ1) is 19.3. The number of carbonyl (C=O) groups is 2. The predicted molar refractivity (Wildman–Crippen MR) is 109 cm³/mol. The summed E-state index contributed by atoms with van der Waals surface area (Å²) < 4.78 is 19.1. The summed E-state index contributed by atoms with van der Waals surface area (Å²) in [7, 11) is 0. The molecule has 2 N–H and O–H groups in total. The molecule has 150 valence electrons. The van der Waals surface area contributed by atoms with Gasteiger partial charge in [-0.15, -0.1) is 11.3 Å². The molecule has 0 atom stereocenters. The summed E-state index contributed by atoms with van der Waals surface area (Å²) in [6.07, 6.45) is 4.79. The third-order valence-corrected chi connectivity index (χ3v) is 6.19. The first-order valence-corrected chi connectivity index (χ1v) is 10.3. The van der Waals surface area contributed by atoms with Crippen LogP contribution in [0.5, 0.6) is 0 Å². The van der Waals surface area contributed by atoms with Gasteiger partial charge in [0.2, 0.25) is 5.43 Å². The number of anilines is 1. The maximum atomic E-state index is 13.9. The fourth-order valence-electron chi connectivity index (χ4n) is 3.63. The van der Waals surface area contributed by atoms with Crippen LogP contribution in [0, 0.1) is 5.82 Å². The lowest BCUT2D eigenvalue weighted by Gasteiger charge is -2.12. The topological polar surface area (TPSA) is 88.3 Å². The molecule has 0 bridgehead atoms. The SMILES string of the molecule is CCOC(=O)c1c(NC(=O)c2c[nH]c3c(F)cccc3c2=O)sc2c1CCCC2. The van der Waals surface area contributed by atoms with Crippen molar-refractivity contribution in [1.82, 2.24) is 4.98 Å². The van der Waals surface area contributed by atoms with Gasteiger partial charge in [-0.1, -0.05) is 6.07 Å². The van der Waals surface area contributed by atoms with Crippen molar-refractivity contribution < 1.29 is 18.7 Å². The first-order chi connectivity index (χ1) is 14.0. The van der Waals surface area contributed by atoms with E-state index >= 15 is 0 Å². The normalized spacial score (nSPS) is 13.2. The number of pyridine rings is 1. The third-order valence-electron chi connectivity index (χ3n) is 4.99. The average molecular weight is 414 g/mol. The molecular formula is C21H19FN2O4S. The Hall–Kier alpha value is -3.00. The summed E-state index contributed by atoms with van der Waals surface area (Å²) in [5, 5.41) is 3.19. The van der Waals surface area contributed by atoms with Crippen LogP contribution in [0.15, 0.2) is 29.2 Å². The van der Waals surface area contributed by atoms with Crippen LogP contribution in [0.4, 0.5) is 9.39 Å². The van der Waals surface area contributed by atoms with Gasteiger partial charge in [0.1, 0.15) is 16.4 Å². The van der Waals surface area contributed by atoms with Crippen molar-refractivity contribution in [2.45, 2.75) is 32.6 Å². The van der Waals surface area contributed by atoms with Gasteiger partial charge in [-0.3, -0.25) is 9.59 Å². The molecule has 1 aliphatic carbocycles. The van der Waals surface area contributed by atoms with Crippen LogP contribution in [-0.4, -0.2) is 23.5 Å². The molecule has 0 saturated heterocycles. The molecule has 6 nitrogen and oxygen atoms in total. The Balaban J connectivity index is 1.73. The number of fused-ring (bicyclic) bond motifs is 2. The number of nitrogens with one attached hydrogen (secondary N) is 2. The minimum atomic E-state index is -0.651. The number of para-hydroxylation sites is 1. The monoisotopic (exact) mass is 414 g/mol. The Morgan fingerprint density at radius 3 is 2.86 bits per heavy atom. The highest BCUT2D eigenvalue weighted by Gasteiger charge is 2.28. The van der Waals surface area contributed by atoms with E-state index < -0.39 is 23.1 Å². The zero-order valence-corrected chi connectivity index (χ0v) is 16.6. The second kappa shape index (κ2) is 7.79. The Bertz CT molecular complexity index is 1180. The van der Waals surface area contributed by atoms with E-state index in [-0.39, 0.29) is 23.1 Å². The number of aromatic nitrogens is 1. The average Bonchev–Trinajstić information content (AvgIpc) is 3.07. The number of ether oxygens (including phenoxy) is 1. The van der Waals surface area contributed by atoms with Crippen LogP contribution in [-0.2, 0) is 17.6 Å². The highest BCUT2D eigenvalue weighted by atomic mass is 32.1. The number of esters is 1. The van der Waals surface area contributed by atoms with Gasteiger partial charge in [-0.05, 0) is 50.3 Å². The third kappa shape index (κ3) is 3.44. The van der Waals surface area contributed by atoms with Crippen LogP contribution in [0.1, 0.15) is 50.9 Å². The summed E-state index contributed by atoms with van der Waals surface area (Å²) in [6.45, 7) is 1.95. The van der Waals surface area contributed by atoms with Crippen molar-refractivity contribution in [3.63, 3.8) is 0 Å². The lowest BCUT2D eigenvalue weighted by atomic mass is 9.95. The second-order valence-electron chi connectivity index (χ2n) is 6.78. The van der Waals surface area contributed by atoms with E-state index in [0.717, 1.165) is 36.1 Å². The van der Waals surface area contributed by atoms with Crippen molar-refractivity contribution in [3.8, 4) is 0 Å². The Labute approximate surface area is 169 Å². The van der Waals surface area contributed by atoms with Crippen LogP contribution in [0.25, 0.3) is 10.9 Å². The van der Waals surface area contributed by atoms with Crippen molar-refractivity contribution in [1.29, 1.82) is 0 Å². The molecule has 1 aromatic carbocycles. The number of benzene rings is 1. The second-order valence-corrected chi connectivity index (χ2v) is 7.89. The summed E-state index contributed by atoms with van der Waals surface area (Å²) in [5.74, 6) is -1.69. The molecule has 0 spiro atoms. The number of halogens is 1. The standard InChI is InChI=1S/C21H19FN2O4S/c1-2-28-21(27)16-11-6-3-4-9-15(11)29-20(16)24-19(26)13-10-23-17-12(18(13)25)7-5-8-14(17)22/h5,7-8,10H,2-4,6,9H2,1H3,(H,23,25)(H,24,26). The molecule has 0 unspecified atom stereocenters. The minimum Gasteiger partial charge on any atom is -0.462 e. The van der Waals surface area contributed by atoms with Crippen LogP contribution < -0.4 is 10.7 Å². The van der Waals surface area contributed by atoms with Gasteiger partial charge in [0.25, 0.3) is 5.91 Å². The van der Waals surface area contributed by atoms with Crippen molar-refractivity contribution >= 4 is 39.1 Å². The number of carbonyl (C=O) groups excluding carboxylic acids is 2. The zero-order chi connectivity index (χ0) is 20.5. The first-order valence-electron chi connectivity index (χ1n) is 9.44. The smallest absolute Gasteiger partial charge is 0.341 e. The maximum absolute atomic E-state index is 13.9. The molecule has 29 heavy (non-hydrogen) atoms. The van der Waals surface area contributed by atoms with E-state index in [4.69, 9.17) is 4.74 Å². The lowest BCUT2D eigenvalue weighted by Crippen LogP contribution is -2.23. The molecule has 0 aliphatic heterocycles. The van der Waals surface area contributed by atoms with Crippen molar-refractivity contribution in [2.75, 3.05) is 11.9 Å². The summed E-state index contributed by atoms with van der Waals surface area (Å²) in [5.41, 5.74) is 0.625. The number of thiophene rings is 1. The number of amides is 1. The van der Waals surface area contributed by atoms with Gasteiger partial charge >= 0.3 is 5.97 Å². The number of hydrogen-bond acceptors (Lipinski definition) is 5. The van der Waals surface area contributed by atoms with E-state index in [1.54, 1.807) is 6.92 Å². The lowest BCUT2D eigenvalue weighted by molar-refractivity contribution is 0.0526. The van der Waals surface area contributed by atoms with Crippen LogP contribution >= 0.6 is 11.3 Å². The fourth-order valence-corrected chi connectivity index (χ4v) is 4.90. The molecule has 2 aromatic heterocycles. The maximum Gasteiger partial charge on any atom is 0.341 e. The number of aromatic amines is 1. The number of rotatable bonds is 4. The Morgan fingerprint density at radius 2 is 2.07 bits per heavy atom. The zero-order valence-electron chi connectivity index (χ0n) is 15.8.